The third-order valence-electron chi connectivity index (χ3n) is 3.03. The molecule has 0 aliphatic heterocycles. The molecule has 0 aliphatic carbocycles. The second kappa shape index (κ2) is 6.78. The summed E-state index contributed by atoms with van der Waals surface area (Å²) in [6.07, 6.45) is 0.648. The lowest BCUT2D eigenvalue weighted by Gasteiger charge is -2.17. The van der Waals surface area contributed by atoms with Gasteiger partial charge in [-0.05, 0) is 37.6 Å². The van der Waals surface area contributed by atoms with E-state index < -0.39 is 0 Å². The van der Waals surface area contributed by atoms with E-state index >= 15 is 0 Å². The molecule has 1 aromatic carbocycles. The summed E-state index contributed by atoms with van der Waals surface area (Å²) in [4.78, 5) is 12.2. The predicted octanol–water partition coefficient (Wildman–Crippen LogP) is 2.82. The maximum Gasteiger partial charge on any atom is 0.248 e. The minimum absolute atomic E-state index is 0.151. The second-order valence-electron chi connectivity index (χ2n) is 4.65. The number of nitrogens with zero attached hydrogens (tertiary/aromatic N) is 1. The Balaban J connectivity index is 1.99. The topological polar surface area (TPSA) is 76.4 Å². The summed E-state index contributed by atoms with van der Waals surface area (Å²) in [5, 5.41) is 9.66. The van der Waals surface area contributed by atoms with Crippen LogP contribution in [-0.2, 0) is 4.79 Å². The SMILES string of the molecule is CC[C@@H](Nc1ccc(OC)cc1)C(=O)Nc1cc(C)on1. The number of hydrogen-bond acceptors (Lipinski definition) is 5. The monoisotopic (exact) mass is 289 g/mol. The summed E-state index contributed by atoms with van der Waals surface area (Å²) in [6.45, 7) is 3.71. The van der Waals surface area contributed by atoms with Gasteiger partial charge in [-0.3, -0.25) is 4.79 Å². The van der Waals surface area contributed by atoms with Crippen LogP contribution in [0.3, 0.4) is 0 Å². The van der Waals surface area contributed by atoms with E-state index in [4.69, 9.17) is 9.26 Å². The highest BCUT2D eigenvalue weighted by Crippen LogP contribution is 2.17. The van der Waals surface area contributed by atoms with Gasteiger partial charge in [0.1, 0.15) is 17.6 Å². The van der Waals surface area contributed by atoms with Crippen LogP contribution >= 0.6 is 0 Å². The minimum Gasteiger partial charge on any atom is -0.497 e. The lowest BCUT2D eigenvalue weighted by molar-refractivity contribution is -0.117. The molecule has 2 N–H and O–H groups in total. The maximum absolute atomic E-state index is 12.2. The van der Waals surface area contributed by atoms with Crippen molar-refractivity contribution in [3.8, 4) is 5.75 Å². The van der Waals surface area contributed by atoms with Gasteiger partial charge in [0.15, 0.2) is 5.82 Å². The molecule has 0 unspecified atom stereocenters. The van der Waals surface area contributed by atoms with Gasteiger partial charge in [0.25, 0.3) is 0 Å². The van der Waals surface area contributed by atoms with Crippen LogP contribution in [-0.4, -0.2) is 24.2 Å². The van der Waals surface area contributed by atoms with E-state index in [2.05, 4.69) is 15.8 Å². The van der Waals surface area contributed by atoms with Gasteiger partial charge in [0.05, 0.1) is 7.11 Å². The second-order valence-corrected chi connectivity index (χ2v) is 4.65. The predicted molar refractivity (Wildman–Crippen MR) is 80.6 cm³/mol. The Hall–Kier alpha value is -2.50. The third-order valence-corrected chi connectivity index (χ3v) is 3.03. The lowest BCUT2D eigenvalue weighted by Crippen LogP contribution is -2.34. The third kappa shape index (κ3) is 3.98. The van der Waals surface area contributed by atoms with Crippen LogP contribution < -0.4 is 15.4 Å². The molecule has 6 heteroatoms. The average Bonchev–Trinajstić information content (AvgIpc) is 2.90. The highest BCUT2D eigenvalue weighted by atomic mass is 16.5. The van der Waals surface area contributed by atoms with Gasteiger partial charge in [0, 0.05) is 11.8 Å². The van der Waals surface area contributed by atoms with Gasteiger partial charge < -0.3 is 19.9 Å². The van der Waals surface area contributed by atoms with Gasteiger partial charge in [-0.1, -0.05) is 12.1 Å². The number of anilines is 2. The normalized spacial score (nSPS) is 11.8. The van der Waals surface area contributed by atoms with E-state index in [-0.39, 0.29) is 11.9 Å². The largest absolute Gasteiger partial charge is 0.497 e. The molecule has 6 nitrogen and oxygen atoms in total. The van der Waals surface area contributed by atoms with Crippen molar-refractivity contribution in [2.75, 3.05) is 17.7 Å². The molecular formula is C15H19N3O3. The van der Waals surface area contributed by atoms with Crippen LogP contribution in [0.2, 0.25) is 0 Å². The number of methoxy groups -OCH3 is 1. The standard InChI is InChI=1S/C15H19N3O3/c1-4-13(15(19)17-14-9-10(2)21-18-14)16-11-5-7-12(20-3)8-6-11/h5-9,13,16H,4H2,1-3H3,(H,17,18,19)/t13-/m1/s1. The minimum atomic E-state index is -0.351. The smallest absolute Gasteiger partial charge is 0.248 e. The molecule has 0 radical (unpaired) electrons. The number of carbonyl (C=O) groups is 1. The van der Waals surface area contributed by atoms with Crippen molar-refractivity contribution in [1.82, 2.24) is 5.16 Å². The zero-order valence-corrected chi connectivity index (χ0v) is 12.3. The maximum atomic E-state index is 12.2. The Morgan fingerprint density at radius 2 is 2.10 bits per heavy atom. The number of aromatic nitrogens is 1. The number of hydrogen-bond donors (Lipinski definition) is 2. The van der Waals surface area contributed by atoms with E-state index in [9.17, 15) is 4.79 Å². The van der Waals surface area contributed by atoms with Gasteiger partial charge in [-0.15, -0.1) is 0 Å². The molecule has 1 aromatic heterocycles. The Morgan fingerprint density at radius 1 is 1.38 bits per heavy atom. The van der Waals surface area contributed by atoms with Gasteiger partial charge in [-0.2, -0.15) is 0 Å². The molecule has 0 saturated heterocycles. The van der Waals surface area contributed by atoms with Gasteiger partial charge in [-0.25, -0.2) is 0 Å². The Morgan fingerprint density at radius 3 is 2.62 bits per heavy atom. The Labute approximate surface area is 123 Å². The fourth-order valence-electron chi connectivity index (χ4n) is 1.88. The number of aryl methyl sites for hydroxylation is 1. The Bertz CT molecular complexity index is 592. The van der Waals surface area contributed by atoms with Crippen LogP contribution in [0.4, 0.5) is 11.5 Å². The molecular weight excluding hydrogens is 270 g/mol. The van der Waals surface area contributed by atoms with Crippen LogP contribution in [0.15, 0.2) is 34.9 Å². The van der Waals surface area contributed by atoms with Crippen LogP contribution in [0.5, 0.6) is 5.75 Å². The molecule has 112 valence electrons. The van der Waals surface area contributed by atoms with Crippen molar-refractivity contribution >= 4 is 17.4 Å². The quantitative estimate of drug-likeness (QED) is 0.855. The van der Waals surface area contributed by atoms with Crippen molar-refractivity contribution in [1.29, 1.82) is 0 Å². The van der Waals surface area contributed by atoms with Crippen LogP contribution in [0.25, 0.3) is 0 Å². The van der Waals surface area contributed by atoms with Crippen molar-refractivity contribution in [2.24, 2.45) is 0 Å². The summed E-state index contributed by atoms with van der Waals surface area (Å²) >= 11 is 0. The van der Waals surface area contributed by atoms with Crippen molar-refractivity contribution in [3.05, 3.63) is 36.1 Å². The first-order valence-corrected chi connectivity index (χ1v) is 6.77. The van der Waals surface area contributed by atoms with Crippen molar-refractivity contribution in [3.63, 3.8) is 0 Å². The van der Waals surface area contributed by atoms with Crippen LogP contribution in [0.1, 0.15) is 19.1 Å². The summed E-state index contributed by atoms with van der Waals surface area (Å²) < 4.78 is 10.0. The molecule has 0 spiro atoms. The number of ether oxygens (including phenoxy) is 1. The van der Waals surface area contributed by atoms with Crippen LogP contribution in [0, 0.1) is 6.92 Å². The van der Waals surface area contributed by atoms with E-state index in [0.29, 0.717) is 18.0 Å². The summed E-state index contributed by atoms with van der Waals surface area (Å²) in [5.74, 6) is 1.70. The first kappa shape index (κ1) is 14.9. The molecule has 0 saturated carbocycles. The fourth-order valence-corrected chi connectivity index (χ4v) is 1.88. The first-order valence-electron chi connectivity index (χ1n) is 6.77. The molecule has 1 heterocycles. The first-order chi connectivity index (χ1) is 10.1. The molecule has 2 aromatic rings. The molecule has 21 heavy (non-hydrogen) atoms. The highest BCUT2D eigenvalue weighted by Gasteiger charge is 2.17. The van der Waals surface area contributed by atoms with Gasteiger partial charge >= 0.3 is 0 Å². The van der Waals surface area contributed by atoms with E-state index in [1.165, 1.54) is 0 Å². The average molecular weight is 289 g/mol. The van der Waals surface area contributed by atoms with Crippen molar-refractivity contribution in [2.45, 2.75) is 26.3 Å². The van der Waals surface area contributed by atoms with E-state index in [1.54, 1.807) is 20.1 Å². The zero-order valence-electron chi connectivity index (χ0n) is 12.3. The summed E-state index contributed by atoms with van der Waals surface area (Å²) in [7, 11) is 1.62. The van der Waals surface area contributed by atoms with Gasteiger partial charge in [0.2, 0.25) is 5.91 Å². The van der Waals surface area contributed by atoms with E-state index in [1.807, 2.05) is 31.2 Å². The number of amides is 1. The number of nitrogens with one attached hydrogen (secondary N) is 2. The molecule has 0 aliphatic rings. The fraction of sp³-hybridized carbons (Fsp3) is 0.333. The number of rotatable bonds is 6. The zero-order chi connectivity index (χ0) is 15.2. The number of carbonyl (C=O) groups excluding carboxylic acids is 1. The summed E-state index contributed by atoms with van der Waals surface area (Å²) in [6, 6.07) is 8.75. The summed E-state index contributed by atoms with van der Waals surface area (Å²) in [5.41, 5.74) is 0.856. The van der Waals surface area contributed by atoms with E-state index in [0.717, 1.165) is 11.4 Å². The molecule has 1 atom stereocenters. The molecule has 1 amide bonds. The number of benzene rings is 1. The lowest BCUT2D eigenvalue weighted by atomic mass is 10.2. The Kier molecular flexibility index (Phi) is 4.81. The van der Waals surface area contributed by atoms with Crippen molar-refractivity contribution < 1.29 is 14.1 Å². The molecule has 0 bridgehead atoms. The highest BCUT2D eigenvalue weighted by molar-refractivity contribution is 5.95. The molecule has 0 fully saturated rings. The molecule has 2 rings (SSSR count).